The highest BCUT2D eigenvalue weighted by atomic mass is 16.6. The van der Waals surface area contributed by atoms with Crippen LogP contribution in [0, 0.1) is 21.4 Å². The van der Waals surface area contributed by atoms with Crippen molar-refractivity contribution in [2.24, 2.45) is 0 Å². The molecule has 1 amide bonds. The van der Waals surface area contributed by atoms with Crippen LogP contribution in [0.3, 0.4) is 0 Å². The number of aromatic nitrogens is 1. The first-order chi connectivity index (χ1) is 10.0. The minimum atomic E-state index is -0.615. The van der Waals surface area contributed by atoms with Crippen molar-refractivity contribution in [2.75, 3.05) is 18.4 Å². The average Bonchev–Trinajstić information content (AvgIpc) is 3.00. The van der Waals surface area contributed by atoms with E-state index in [2.05, 4.69) is 10.3 Å². The molecule has 1 aliphatic heterocycles. The van der Waals surface area contributed by atoms with Gasteiger partial charge in [-0.3, -0.25) is 14.9 Å². The molecule has 1 N–H and O–H groups in total. The zero-order valence-corrected chi connectivity index (χ0v) is 11.6. The molecular formula is C13H15N5O3. The predicted molar refractivity (Wildman–Crippen MR) is 74.5 cm³/mol. The number of hydrogen-bond donors (Lipinski definition) is 1. The summed E-state index contributed by atoms with van der Waals surface area (Å²) in [4.78, 5) is 27.8. The van der Waals surface area contributed by atoms with Crippen molar-refractivity contribution in [1.82, 2.24) is 9.88 Å². The molecule has 0 saturated carbocycles. The third-order valence-electron chi connectivity index (χ3n) is 3.35. The topological polar surface area (TPSA) is 112 Å². The Labute approximate surface area is 121 Å². The van der Waals surface area contributed by atoms with Crippen molar-refractivity contribution in [3.63, 3.8) is 0 Å². The molecule has 0 aromatic carbocycles. The highest BCUT2D eigenvalue weighted by Crippen LogP contribution is 2.19. The molecular weight excluding hydrogens is 274 g/mol. The van der Waals surface area contributed by atoms with Crippen LogP contribution in [0.25, 0.3) is 0 Å². The number of nitro groups is 1. The molecule has 8 heteroatoms. The van der Waals surface area contributed by atoms with E-state index in [0.717, 1.165) is 38.2 Å². The lowest BCUT2D eigenvalue weighted by Crippen LogP contribution is -2.39. The number of nitriles is 1. The molecule has 1 aliphatic rings. The van der Waals surface area contributed by atoms with E-state index in [9.17, 15) is 14.9 Å². The molecule has 0 aliphatic carbocycles. The Bertz CT molecular complexity index is 604. The number of pyridine rings is 1. The summed E-state index contributed by atoms with van der Waals surface area (Å²) in [6.07, 6.45) is 3.06. The molecule has 1 atom stereocenters. The van der Waals surface area contributed by atoms with Gasteiger partial charge in [-0.15, -0.1) is 0 Å². The minimum absolute atomic E-state index is 0.0465. The summed E-state index contributed by atoms with van der Waals surface area (Å²) >= 11 is 0. The summed E-state index contributed by atoms with van der Waals surface area (Å²) in [6, 6.07) is 2.45. The van der Waals surface area contributed by atoms with E-state index in [0.29, 0.717) is 0 Å². The molecule has 1 unspecified atom stereocenters. The fourth-order valence-electron chi connectivity index (χ4n) is 2.23. The summed E-state index contributed by atoms with van der Waals surface area (Å²) < 4.78 is 0. The largest absolute Gasteiger partial charge is 0.358 e. The average molecular weight is 289 g/mol. The number of likely N-dealkylation sites (tertiary alicyclic amines) is 1. The maximum Gasteiger partial charge on any atom is 0.289 e. The summed E-state index contributed by atoms with van der Waals surface area (Å²) in [5.74, 6) is 0.125. The maximum atomic E-state index is 12.2. The van der Waals surface area contributed by atoms with Crippen LogP contribution in [-0.2, 0) is 4.79 Å². The van der Waals surface area contributed by atoms with Gasteiger partial charge in [0.25, 0.3) is 5.69 Å². The van der Waals surface area contributed by atoms with Crippen molar-refractivity contribution in [3.8, 4) is 6.07 Å². The standard InChI is InChI=1S/C13H15N5O3/c1-9(13(19)17-4-2-3-5-17)16-12-10(7-14)6-11(8-15-12)18(20)21/h6,8-9H,2-5H2,1H3,(H,15,16). The number of amides is 1. The first kappa shape index (κ1) is 14.7. The summed E-state index contributed by atoms with van der Waals surface area (Å²) in [6.45, 7) is 3.16. The van der Waals surface area contributed by atoms with Gasteiger partial charge in [-0.2, -0.15) is 5.26 Å². The van der Waals surface area contributed by atoms with Crippen LogP contribution in [-0.4, -0.2) is 39.8 Å². The first-order valence-corrected chi connectivity index (χ1v) is 6.63. The third kappa shape index (κ3) is 3.25. The Morgan fingerprint density at radius 2 is 2.24 bits per heavy atom. The number of rotatable bonds is 4. The minimum Gasteiger partial charge on any atom is -0.358 e. The van der Waals surface area contributed by atoms with E-state index in [4.69, 9.17) is 5.26 Å². The summed E-state index contributed by atoms with van der Waals surface area (Å²) in [7, 11) is 0. The van der Waals surface area contributed by atoms with Crippen molar-refractivity contribution >= 4 is 17.4 Å². The van der Waals surface area contributed by atoms with E-state index < -0.39 is 11.0 Å². The second-order valence-electron chi connectivity index (χ2n) is 4.86. The quantitative estimate of drug-likeness (QED) is 0.660. The SMILES string of the molecule is CC(Nc1ncc([N+](=O)[O-])cc1C#N)C(=O)N1CCCC1. The van der Waals surface area contributed by atoms with Gasteiger partial charge in [0.2, 0.25) is 5.91 Å². The highest BCUT2D eigenvalue weighted by molar-refractivity contribution is 5.84. The van der Waals surface area contributed by atoms with E-state index >= 15 is 0 Å². The van der Waals surface area contributed by atoms with Gasteiger partial charge in [0.15, 0.2) is 0 Å². The first-order valence-electron chi connectivity index (χ1n) is 6.63. The van der Waals surface area contributed by atoms with E-state index in [1.165, 1.54) is 0 Å². The van der Waals surface area contributed by atoms with Crippen molar-refractivity contribution in [3.05, 3.63) is 27.9 Å². The Morgan fingerprint density at radius 3 is 2.81 bits per heavy atom. The maximum absolute atomic E-state index is 12.2. The highest BCUT2D eigenvalue weighted by Gasteiger charge is 2.24. The molecule has 1 aromatic rings. The molecule has 1 fully saturated rings. The molecule has 2 rings (SSSR count). The zero-order chi connectivity index (χ0) is 15.4. The van der Waals surface area contributed by atoms with E-state index in [1.54, 1.807) is 11.8 Å². The number of hydrogen-bond acceptors (Lipinski definition) is 6. The number of carbonyl (C=O) groups is 1. The van der Waals surface area contributed by atoms with Crippen molar-refractivity contribution in [1.29, 1.82) is 5.26 Å². The molecule has 110 valence electrons. The van der Waals surface area contributed by atoms with Gasteiger partial charge in [-0.05, 0) is 19.8 Å². The van der Waals surface area contributed by atoms with Crippen LogP contribution in [0.5, 0.6) is 0 Å². The molecule has 0 bridgehead atoms. The normalized spacial score (nSPS) is 15.3. The lowest BCUT2D eigenvalue weighted by molar-refractivity contribution is -0.385. The lowest BCUT2D eigenvalue weighted by atomic mass is 10.2. The molecule has 0 spiro atoms. The Balaban J connectivity index is 2.13. The molecule has 2 heterocycles. The molecule has 0 radical (unpaired) electrons. The van der Waals surface area contributed by atoms with Crippen LogP contribution in [0.4, 0.5) is 11.5 Å². The van der Waals surface area contributed by atoms with E-state index in [1.807, 2.05) is 6.07 Å². The van der Waals surface area contributed by atoms with Gasteiger partial charge < -0.3 is 10.2 Å². The van der Waals surface area contributed by atoms with Gasteiger partial charge in [-0.25, -0.2) is 4.98 Å². The second kappa shape index (κ2) is 6.17. The molecule has 1 saturated heterocycles. The van der Waals surface area contributed by atoms with Crippen LogP contribution in [0.2, 0.25) is 0 Å². The van der Waals surface area contributed by atoms with Crippen LogP contribution in [0.15, 0.2) is 12.3 Å². The van der Waals surface area contributed by atoms with Gasteiger partial charge in [-0.1, -0.05) is 0 Å². The number of nitrogens with zero attached hydrogens (tertiary/aromatic N) is 4. The fourth-order valence-corrected chi connectivity index (χ4v) is 2.23. The zero-order valence-electron chi connectivity index (χ0n) is 11.6. The molecule has 8 nitrogen and oxygen atoms in total. The van der Waals surface area contributed by atoms with E-state index in [-0.39, 0.29) is 23.0 Å². The van der Waals surface area contributed by atoms with Gasteiger partial charge >= 0.3 is 0 Å². The van der Waals surface area contributed by atoms with Crippen molar-refractivity contribution < 1.29 is 9.72 Å². The van der Waals surface area contributed by atoms with Gasteiger partial charge in [0.05, 0.1) is 4.92 Å². The van der Waals surface area contributed by atoms with Gasteiger partial charge in [0, 0.05) is 19.2 Å². The van der Waals surface area contributed by atoms with Gasteiger partial charge in [0.1, 0.15) is 29.7 Å². The van der Waals surface area contributed by atoms with Crippen LogP contribution >= 0.6 is 0 Å². The predicted octanol–water partition coefficient (Wildman–Crippen LogP) is 1.28. The second-order valence-corrected chi connectivity index (χ2v) is 4.86. The third-order valence-corrected chi connectivity index (χ3v) is 3.35. The lowest BCUT2D eigenvalue weighted by Gasteiger charge is -2.21. The molecule has 1 aromatic heterocycles. The van der Waals surface area contributed by atoms with Crippen molar-refractivity contribution in [2.45, 2.75) is 25.8 Å². The number of nitrogens with one attached hydrogen (secondary N) is 1. The summed E-state index contributed by atoms with van der Waals surface area (Å²) in [5, 5.41) is 22.6. The smallest absolute Gasteiger partial charge is 0.289 e. The Hall–Kier alpha value is -2.69. The molecule has 21 heavy (non-hydrogen) atoms. The monoisotopic (exact) mass is 289 g/mol. The Morgan fingerprint density at radius 1 is 1.57 bits per heavy atom. The Kier molecular flexibility index (Phi) is 4.33. The fraction of sp³-hybridized carbons (Fsp3) is 0.462. The summed E-state index contributed by atoms with van der Waals surface area (Å²) in [5.41, 5.74) is -0.208. The van der Waals surface area contributed by atoms with Crippen LogP contribution in [0.1, 0.15) is 25.3 Å². The number of carbonyl (C=O) groups excluding carboxylic acids is 1. The number of anilines is 1. The van der Waals surface area contributed by atoms with Crippen LogP contribution < -0.4 is 5.32 Å².